The molecule has 0 radical (unpaired) electrons. The maximum absolute atomic E-state index is 12.2. The quantitative estimate of drug-likeness (QED) is 0.553. The van der Waals surface area contributed by atoms with Crippen molar-refractivity contribution in [3.05, 3.63) is 60.2 Å². The molecule has 0 aliphatic rings. The molecule has 146 valence electrons. The van der Waals surface area contributed by atoms with E-state index in [1.807, 2.05) is 54.6 Å². The third-order valence-corrected chi connectivity index (χ3v) is 4.28. The van der Waals surface area contributed by atoms with Gasteiger partial charge in [-0.2, -0.15) is 5.10 Å². The smallest absolute Gasteiger partial charge is 0.251 e. The van der Waals surface area contributed by atoms with Crippen molar-refractivity contribution in [2.24, 2.45) is 0 Å². The minimum Gasteiger partial charge on any atom is -0.497 e. The molecule has 2 N–H and O–H groups in total. The SMILES string of the molecule is CCCOCCNC(=O)c1ccc(-c2cc(-c3cccc(OC)c3)n[nH]2)cc1. The summed E-state index contributed by atoms with van der Waals surface area (Å²) in [6.45, 7) is 3.80. The van der Waals surface area contributed by atoms with E-state index in [0.29, 0.717) is 25.3 Å². The number of carbonyl (C=O) groups is 1. The normalized spacial score (nSPS) is 10.6. The van der Waals surface area contributed by atoms with Crippen LogP contribution in [0.2, 0.25) is 0 Å². The van der Waals surface area contributed by atoms with Gasteiger partial charge in [-0.3, -0.25) is 9.89 Å². The summed E-state index contributed by atoms with van der Waals surface area (Å²) >= 11 is 0. The predicted octanol–water partition coefficient (Wildman–Crippen LogP) is 3.91. The van der Waals surface area contributed by atoms with Crippen molar-refractivity contribution in [2.45, 2.75) is 13.3 Å². The highest BCUT2D eigenvalue weighted by Gasteiger charge is 2.09. The number of methoxy groups -OCH3 is 1. The first-order chi connectivity index (χ1) is 13.7. The molecule has 28 heavy (non-hydrogen) atoms. The first-order valence-corrected chi connectivity index (χ1v) is 9.37. The third-order valence-electron chi connectivity index (χ3n) is 4.28. The van der Waals surface area contributed by atoms with E-state index in [9.17, 15) is 4.79 Å². The Morgan fingerprint density at radius 3 is 2.64 bits per heavy atom. The molecule has 0 saturated heterocycles. The van der Waals surface area contributed by atoms with Gasteiger partial charge in [0.2, 0.25) is 0 Å². The van der Waals surface area contributed by atoms with Gasteiger partial charge in [-0.1, -0.05) is 31.2 Å². The number of rotatable bonds is 9. The Kier molecular flexibility index (Phi) is 6.81. The van der Waals surface area contributed by atoms with Crippen molar-refractivity contribution in [1.29, 1.82) is 0 Å². The van der Waals surface area contributed by atoms with E-state index >= 15 is 0 Å². The second-order valence-corrected chi connectivity index (χ2v) is 6.34. The van der Waals surface area contributed by atoms with Crippen molar-refractivity contribution < 1.29 is 14.3 Å². The van der Waals surface area contributed by atoms with Crippen molar-refractivity contribution in [1.82, 2.24) is 15.5 Å². The zero-order valence-corrected chi connectivity index (χ0v) is 16.2. The molecule has 6 nitrogen and oxygen atoms in total. The fourth-order valence-electron chi connectivity index (χ4n) is 2.79. The van der Waals surface area contributed by atoms with Gasteiger partial charge in [-0.15, -0.1) is 0 Å². The molecule has 0 bridgehead atoms. The lowest BCUT2D eigenvalue weighted by Crippen LogP contribution is -2.27. The van der Waals surface area contributed by atoms with Gasteiger partial charge in [0.15, 0.2) is 0 Å². The van der Waals surface area contributed by atoms with E-state index in [1.165, 1.54) is 0 Å². The number of amides is 1. The van der Waals surface area contributed by atoms with E-state index < -0.39 is 0 Å². The van der Waals surface area contributed by atoms with Gasteiger partial charge in [-0.05, 0) is 42.3 Å². The summed E-state index contributed by atoms with van der Waals surface area (Å²) in [6, 6.07) is 17.2. The molecule has 3 aromatic rings. The van der Waals surface area contributed by atoms with Gasteiger partial charge in [-0.25, -0.2) is 0 Å². The van der Waals surface area contributed by atoms with Crippen LogP contribution in [0.3, 0.4) is 0 Å². The second kappa shape index (κ2) is 9.71. The van der Waals surface area contributed by atoms with Crippen LogP contribution in [0.25, 0.3) is 22.5 Å². The van der Waals surface area contributed by atoms with E-state index in [4.69, 9.17) is 9.47 Å². The van der Waals surface area contributed by atoms with Crippen molar-refractivity contribution in [3.63, 3.8) is 0 Å². The van der Waals surface area contributed by atoms with Crippen LogP contribution in [0.15, 0.2) is 54.6 Å². The number of benzene rings is 2. The Labute approximate surface area is 164 Å². The van der Waals surface area contributed by atoms with Gasteiger partial charge in [0.05, 0.1) is 25.1 Å². The summed E-state index contributed by atoms with van der Waals surface area (Å²) in [5.74, 6) is 0.686. The average Bonchev–Trinajstić information content (AvgIpc) is 3.24. The molecule has 2 aromatic carbocycles. The number of nitrogens with zero attached hydrogens (tertiary/aromatic N) is 1. The molecule has 3 rings (SSSR count). The van der Waals surface area contributed by atoms with Crippen LogP contribution < -0.4 is 10.1 Å². The van der Waals surface area contributed by atoms with Crippen LogP contribution in [-0.2, 0) is 4.74 Å². The molecule has 1 aromatic heterocycles. The summed E-state index contributed by atoms with van der Waals surface area (Å²) in [7, 11) is 1.64. The molecular weight excluding hydrogens is 354 g/mol. The number of ether oxygens (including phenoxy) is 2. The standard InChI is InChI=1S/C22H25N3O3/c1-3-12-28-13-11-23-22(26)17-9-7-16(8-10-17)20-15-21(25-24-20)18-5-4-6-19(14-18)27-2/h4-10,14-15H,3,11-13H2,1-2H3,(H,23,26)(H,24,25). The topological polar surface area (TPSA) is 76.2 Å². The van der Waals surface area contributed by atoms with Crippen LogP contribution in [-0.4, -0.2) is 43.0 Å². The first kappa shape index (κ1) is 19.6. The molecule has 0 fully saturated rings. The number of hydrogen-bond acceptors (Lipinski definition) is 4. The largest absolute Gasteiger partial charge is 0.497 e. The van der Waals surface area contributed by atoms with E-state index in [0.717, 1.165) is 34.7 Å². The van der Waals surface area contributed by atoms with Gasteiger partial charge < -0.3 is 14.8 Å². The van der Waals surface area contributed by atoms with E-state index in [1.54, 1.807) is 7.11 Å². The van der Waals surface area contributed by atoms with Gasteiger partial charge in [0, 0.05) is 24.3 Å². The zero-order chi connectivity index (χ0) is 19.8. The highest BCUT2D eigenvalue weighted by molar-refractivity contribution is 5.94. The lowest BCUT2D eigenvalue weighted by molar-refractivity contribution is 0.0915. The number of hydrogen-bond donors (Lipinski definition) is 2. The molecule has 0 aliphatic heterocycles. The molecule has 0 unspecified atom stereocenters. The van der Waals surface area contributed by atoms with Gasteiger partial charge in [0.25, 0.3) is 5.91 Å². The summed E-state index contributed by atoms with van der Waals surface area (Å²) in [5, 5.41) is 10.3. The minimum atomic E-state index is -0.103. The summed E-state index contributed by atoms with van der Waals surface area (Å²) in [4.78, 5) is 12.2. The Hall–Kier alpha value is -3.12. The summed E-state index contributed by atoms with van der Waals surface area (Å²) in [5.41, 5.74) is 4.28. The Bertz CT molecular complexity index is 903. The minimum absolute atomic E-state index is 0.103. The van der Waals surface area contributed by atoms with Crippen LogP contribution >= 0.6 is 0 Å². The molecule has 0 atom stereocenters. The lowest BCUT2D eigenvalue weighted by Gasteiger charge is -2.06. The summed E-state index contributed by atoms with van der Waals surface area (Å²) in [6.07, 6.45) is 0.975. The van der Waals surface area contributed by atoms with E-state index in [2.05, 4.69) is 22.4 Å². The molecular formula is C22H25N3O3. The lowest BCUT2D eigenvalue weighted by atomic mass is 10.1. The average molecular weight is 379 g/mol. The monoisotopic (exact) mass is 379 g/mol. The number of nitrogens with one attached hydrogen (secondary N) is 2. The fourth-order valence-corrected chi connectivity index (χ4v) is 2.79. The van der Waals surface area contributed by atoms with Crippen molar-refractivity contribution in [3.8, 4) is 28.3 Å². The molecule has 0 aliphatic carbocycles. The summed E-state index contributed by atoms with van der Waals surface area (Å²) < 4.78 is 10.6. The predicted molar refractivity (Wildman–Crippen MR) is 109 cm³/mol. The van der Waals surface area contributed by atoms with Crippen molar-refractivity contribution in [2.75, 3.05) is 26.9 Å². The molecule has 0 spiro atoms. The fraction of sp³-hybridized carbons (Fsp3) is 0.273. The van der Waals surface area contributed by atoms with Gasteiger partial charge >= 0.3 is 0 Å². The molecule has 1 amide bonds. The van der Waals surface area contributed by atoms with Crippen LogP contribution in [0, 0.1) is 0 Å². The molecule has 0 saturated carbocycles. The van der Waals surface area contributed by atoms with Crippen molar-refractivity contribution >= 4 is 5.91 Å². The number of carbonyl (C=O) groups excluding carboxylic acids is 1. The Morgan fingerprint density at radius 2 is 1.89 bits per heavy atom. The number of aromatic nitrogens is 2. The molecule has 1 heterocycles. The maximum Gasteiger partial charge on any atom is 0.251 e. The number of H-pyrrole nitrogens is 1. The van der Waals surface area contributed by atoms with Crippen LogP contribution in [0.4, 0.5) is 0 Å². The number of aromatic amines is 1. The van der Waals surface area contributed by atoms with Gasteiger partial charge in [0.1, 0.15) is 5.75 Å². The van der Waals surface area contributed by atoms with E-state index in [-0.39, 0.29) is 5.91 Å². The second-order valence-electron chi connectivity index (χ2n) is 6.34. The maximum atomic E-state index is 12.2. The highest BCUT2D eigenvalue weighted by Crippen LogP contribution is 2.26. The first-order valence-electron chi connectivity index (χ1n) is 9.37. The third kappa shape index (κ3) is 4.98. The Morgan fingerprint density at radius 1 is 1.07 bits per heavy atom. The van der Waals surface area contributed by atoms with Crippen LogP contribution in [0.1, 0.15) is 23.7 Å². The molecule has 6 heteroatoms. The van der Waals surface area contributed by atoms with Crippen LogP contribution in [0.5, 0.6) is 5.75 Å². The highest BCUT2D eigenvalue weighted by atomic mass is 16.5. The Balaban J connectivity index is 1.64. The zero-order valence-electron chi connectivity index (χ0n) is 16.2.